The van der Waals surface area contributed by atoms with Crippen LogP contribution in [0.15, 0.2) is 77.9 Å². The van der Waals surface area contributed by atoms with Gasteiger partial charge in [-0.3, -0.25) is 4.79 Å². The van der Waals surface area contributed by atoms with Crippen LogP contribution in [0.5, 0.6) is 11.5 Å². The van der Waals surface area contributed by atoms with E-state index in [0.717, 1.165) is 10.9 Å². The predicted molar refractivity (Wildman–Crippen MR) is 136 cm³/mol. The number of nitrogens with zero attached hydrogens (tertiary/aromatic N) is 3. The lowest BCUT2D eigenvalue weighted by molar-refractivity contribution is 0.0956. The number of aromatic nitrogens is 1. The number of amides is 1. The fraction of sp³-hybridized carbons (Fsp3) is 0.111. The molecule has 4 aromatic rings. The molecular weight excluding hydrogens is 464 g/mol. The number of rotatable bonds is 8. The largest absolute Gasteiger partial charge is 0.490 e. The molecule has 0 saturated heterocycles. The lowest BCUT2D eigenvalue weighted by Gasteiger charge is -2.12. The first kappa shape index (κ1) is 23.7. The summed E-state index contributed by atoms with van der Waals surface area (Å²) in [5.74, 6) is 0.297. The van der Waals surface area contributed by atoms with Gasteiger partial charge >= 0.3 is 0 Å². The minimum absolute atomic E-state index is 0.159. The third-order valence-electron chi connectivity index (χ3n) is 5.02. The van der Waals surface area contributed by atoms with Crippen LogP contribution in [0.25, 0.3) is 22.2 Å². The van der Waals surface area contributed by atoms with Gasteiger partial charge in [0.2, 0.25) is 0 Å². The Labute approximate surface area is 207 Å². The van der Waals surface area contributed by atoms with E-state index >= 15 is 0 Å². The second-order valence-corrected chi connectivity index (χ2v) is 7.75. The van der Waals surface area contributed by atoms with Gasteiger partial charge in [-0.05, 0) is 36.8 Å². The second-order valence-electron chi connectivity index (χ2n) is 7.35. The van der Waals surface area contributed by atoms with E-state index in [-0.39, 0.29) is 23.3 Å². The molecule has 0 aliphatic carbocycles. The number of benzene rings is 3. The van der Waals surface area contributed by atoms with Gasteiger partial charge in [0.25, 0.3) is 5.91 Å². The zero-order valence-corrected chi connectivity index (χ0v) is 19.6. The molecule has 0 aliphatic heterocycles. The highest BCUT2D eigenvalue weighted by molar-refractivity contribution is 6.32. The standard InChI is InChI=1S/C27H21ClN4O3/c1-2-34-25-15-18(14-22(28)26(25)35-13-12-29)17-30-32-27(33)21-16-24(19-8-4-3-5-9-19)31-23-11-7-6-10-20(21)23/h3-11,14-17H,2,13H2,1H3,(H,32,33)/b30-17+. The monoisotopic (exact) mass is 484 g/mol. The molecule has 1 N–H and O–H groups in total. The van der Waals surface area contributed by atoms with Crippen LogP contribution < -0.4 is 14.9 Å². The van der Waals surface area contributed by atoms with Gasteiger partial charge in [0.1, 0.15) is 6.07 Å². The normalized spacial score (nSPS) is 10.8. The molecule has 1 aromatic heterocycles. The molecule has 174 valence electrons. The molecule has 3 aromatic carbocycles. The molecular formula is C27H21ClN4O3. The summed E-state index contributed by atoms with van der Waals surface area (Å²) in [4.78, 5) is 17.8. The molecule has 0 aliphatic rings. The first-order valence-electron chi connectivity index (χ1n) is 10.9. The minimum Gasteiger partial charge on any atom is -0.490 e. The van der Waals surface area contributed by atoms with E-state index in [1.807, 2.05) is 67.6 Å². The van der Waals surface area contributed by atoms with Gasteiger partial charge in [-0.1, -0.05) is 60.1 Å². The molecule has 0 spiro atoms. The fourth-order valence-electron chi connectivity index (χ4n) is 3.52. The van der Waals surface area contributed by atoms with E-state index in [4.69, 9.17) is 31.3 Å². The molecule has 0 radical (unpaired) electrons. The fourth-order valence-corrected chi connectivity index (χ4v) is 3.79. The molecule has 1 heterocycles. The number of nitriles is 1. The van der Waals surface area contributed by atoms with Gasteiger partial charge in [-0.15, -0.1) is 0 Å². The van der Waals surface area contributed by atoms with Crippen LogP contribution in [0.3, 0.4) is 0 Å². The highest BCUT2D eigenvalue weighted by Crippen LogP contribution is 2.36. The van der Waals surface area contributed by atoms with Crippen LogP contribution in [-0.2, 0) is 0 Å². The smallest absolute Gasteiger partial charge is 0.272 e. The van der Waals surface area contributed by atoms with Gasteiger partial charge in [-0.25, -0.2) is 10.4 Å². The van der Waals surface area contributed by atoms with E-state index in [1.165, 1.54) is 6.21 Å². The van der Waals surface area contributed by atoms with Crippen molar-refractivity contribution in [2.24, 2.45) is 5.10 Å². The summed E-state index contributed by atoms with van der Waals surface area (Å²) in [7, 11) is 0. The Hall–Kier alpha value is -4.41. The Morgan fingerprint density at radius 2 is 1.89 bits per heavy atom. The van der Waals surface area contributed by atoms with Crippen molar-refractivity contribution in [1.29, 1.82) is 5.26 Å². The molecule has 8 heteroatoms. The Balaban J connectivity index is 1.61. The average molecular weight is 485 g/mol. The average Bonchev–Trinajstić information content (AvgIpc) is 2.88. The molecule has 7 nitrogen and oxygen atoms in total. The minimum atomic E-state index is -0.373. The van der Waals surface area contributed by atoms with Crippen molar-refractivity contribution in [3.8, 4) is 28.8 Å². The molecule has 1 amide bonds. The van der Waals surface area contributed by atoms with Crippen molar-refractivity contribution in [3.63, 3.8) is 0 Å². The summed E-state index contributed by atoms with van der Waals surface area (Å²) in [6.07, 6.45) is 1.46. The molecule has 0 unspecified atom stereocenters. The Bertz CT molecular complexity index is 1430. The summed E-state index contributed by atoms with van der Waals surface area (Å²) < 4.78 is 11.0. The first-order valence-corrected chi connectivity index (χ1v) is 11.2. The summed E-state index contributed by atoms with van der Waals surface area (Å²) in [6, 6.07) is 24.1. The molecule has 4 rings (SSSR count). The molecule has 0 saturated carbocycles. The lowest BCUT2D eigenvalue weighted by Crippen LogP contribution is -2.18. The van der Waals surface area contributed by atoms with Crippen LogP contribution in [0.4, 0.5) is 0 Å². The van der Waals surface area contributed by atoms with Crippen LogP contribution in [-0.4, -0.2) is 30.3 Å². The second kappa shape index (κ2) is 11.1. The quantitative estimate of drug-likeness (QED) is 0.258. The van der Waals surface area contributed by atoms with Gasteiger partial charge in [-0.2, -0.15) is 10.4 Å². The number of carbonyl (C=O) groups is 1. The van der Waals surface area contributed by atoms with Crippen LogP contribution in [0.2, 0.25) is 5.02 Å². The van der Waals surface area contributed by atoms with E-state index in [1.54, 1.807) is 18.2 Å². The summed E-state index contributed by atoms with van der Waals surface area (Å²) in [5, 5.41) is 13.9. The third-order valence-corrected chi connectivity index (χ3v) is 5.30. The van der Waals surface area contributed by atoms with Gasteiger partial charge in [0.05, 0.1) is 34.6 Å². The maximum Gasteiger partial charge on any atom is 0.272 e. The Morgan fingerprint density at radius 1 is 1.11 bits per heavy atom. The SMILES string of the molecule is CCOc1cc(/C=N/NC(=O)c2cc(-c3ccccc3)nc3ccccc23)cc(Cl)c1OCC#N. The number of pyridine rings is 1. The lowest BCUT2D eigenvalue weighted by atomic mass is 10.0. The molecule has 0 bridgehead atoms. The van der Waals surface area contributed by atoms with Crippen molar-refractivity contribution in [2.45, 2.75) is 6.92 Å². The molecule has 0 fully saturated rings. The number of para-hydroxylation sites is 1. The van der Waals surface area contributed by atoms with E-state index in [0.29, 0.717) is 34.7 Å². The van der Waals surface area contributed by atoms with Crippen molar-refractivity contribution in [3.05, 3.63) is 88.9 Å². The van der Waals surface area contributed by atoms with Crippen LogP contribution >= 0.6 is 11.6 Å². The van der Waals surface area contributed by atoms with Gasteiger partial charge in [0, 0.05) is 10.9 Å². The van der Waals surface area contributed by atoms with Crippen LogP contribution in [0, 0.1) is 11.3 Å². The predicted octanol–water partition coefficient (Wildman–Crippen LogP) is 5.62. The maximum absolute atomic E-state index is 13.1. The van der Waals surface area contributed by atoms with E-state index < -0.39 is 0 Å². The Morgan fingerprint density at radius 3 is 2.66 bits per heavy atom. The zero-order chi connectivity index (χ0) is 24.6. The van der Waals surface area contributed by atoms with Gasteiger partial charge in [0.15, 0.2) is 18.1 Å². The van der Waals surface area contributed by atoms with E-state index in [9.17, 15) is 4.79 Å². The van der Waals surface area contributed by atoms with Crippen molar-refractivity contribution >= 4 is 34.6 Å². The number of carbonyl (C=O) groups excluding carboxylic acids is 1. The zero-order valence-electron chi connectivity index (χ0n) is 18.9. The number of halogens is 1. The van der Waals surface area contributed by atoms with Crippen molar-refractivity contribution < 1.29 is 14.3 Å². The first-order chi connectivity index (χ1) is 17.1. The van der Waals surface area contributed by atoms with Crippen LogP contribution in [0.1, 0.15) is 22.8 Å². The third kappa shape index (κ3) is 5.57. The number of fused-ring (bicyclic) bond motifs is 1. The van der Waals surface area contributed by atoms with Crippen molar-refractivity contribution in [1.82, 2.24) is 10.4 Å². The topological polar surface area (TPSA) is 96.6 Å². The number of ether oxygens (including phenoxy) is 2. The summed E-state index contributed by atoms with van der Waals surface area (Å²) in [5.41, 5.74) is 5.95. The maximum atomic E-state index is 13.1. The number of nitrogens with one attached hydrogen (secondary N) is 1. The number of hydrogen-bond donors (Lipinski definition) is 1. The highest BCUT2D eigenvalue weighted by atomic mass is 35.5. The molecule has 35 heavy (non-hydrogen) atoms. The van der Waals surface area contributed by atoms with E-state index in [2.05, 4.69) is 10.5 Å². The Kier molecular flexibility index (Phi) is 7.56. The summed E-state index contributed by atoms with van der Waals surface area (Å²) >= 11 is 6.31. The summed E-state index contributed by atoms with van der Waals surface area (Å²) in [6.45, 7) is 2.05. The number of hydrogen-bond acceptors (Lipinski definition) is 6. The van der Waals surface area contributed by atoms with Gasteiger partial charge < -0.3 is 9.47 Å². The highest BCUT2D eigenvalue weighted by Gasteiger charge is 2.14. The number of hydrazone groups is 1. The molecule has 0 atom stereocenters. The van der Waals surface area contributed by atoms with Crippen molar-refractivity contribution in [2.75, 3.05) is 13.2 Å².